The standard InChI is InChI=1S/C20H22N4O2/c1-25-20-16(8-5-9-22-20)10-21-11-17-12-24-13-18(23-19(24)14-26-17)15-6-3-2-4-7-15/h2-9,13,17,21H,10-12,14H2,1H3. The van der Waals surface area contributed by atoms with Crippen molar-refractivity contribution >= 4 is 0 Å². The molecule has 2 aromatic heterocycles. The molecule has 0 fully saturated rings. The maximum Gasteiger partial charge on any atom is 0.217 e. The second-order valence-electron chi connectivity index (χ2n) is 6.30. The lowest BCUT2D eigenvalue weighted by molar-refractivity contribution is 0.00275. The minimum Gasteiger partial charge on any atom is -0.481 e. The Morgan fingerprint density at radius 2 is 2.12 bits per heavy atom. The third-order valence-electron chi connectivity index (χ3n) is 4.51. The van der Waals surface area contributed by atoms with Crippen LogP contribution in [0.15, 0.2) is 54.9 Å². The molecule has 6 heteroatoms. The van der Waals surface area contributed by atoms with Crippen LogP contribution in [0.3, 0.4) is 0 Å². The van der Waals surface area contributed by atoms with E-state index in [1.165, 1.54) is 0 Å². The van der Waals surface area contributed by atoms with Crippen LogP contribution in [0.5, 0.6) is 5.88 Å². The summed E-state index contributed by atoms with van der Waals surface area (Å²) in [6.45, 7) is 2.79. The minimum atomic E-state index is 0.114. The molecule has 0 spiro atoms. The monoisotopic (exact) mass is 350 g/mol. The maximum absolute atomic E-state index is 5.96. The Morgan fingerprint density at radius 3 is 2.96 bits per heavy atom. The number of nitrogens with one attached hydrogen (secondary N) is 1. The summed E-state index contributed by atoms with van der Waals surface area (Å²) in [5, 5.41) is 3.44. The van der Waals surface area contributed by atoms with Crippen molar-refractivity contribution in [2.75, 3.05) is 13.7 Å². The zero-order chi connectivity index (χ0) is 17.8. The Morgan fingerprint density at radius 1 is 1.23 bits per heavy atom. The van der Waals surface area contributed by atoms with Crippen molar-refractivity contribution in [3.8, 4) is 17.1 Å². The van der Waals surface area contributed by atoms with Crippen LogP contribution in [-0.4, -0.2) is 34.3 Å². The van der Waals surface area contributed by atoms with Crippen molar-refractivity contribution in [2.45, 2.75) is 25.8 Å². The molecule has 4 rings (SSSR count). The van der Waals surface area contributed by atoms with E-state index in [9.17, 15) is 0 Å². The van der Waals surface area contributed by atoms with Gasteiger partial charge in [-0.2, -0.15) is 0 Å². The van der Waals surface area contributed by atoms with Crippen molar-refractivity contribution in [1.82, 2.24) is 19.9 Å². The van der Waals surface area contributed by atoms with Crippen molar-refractivity contribution in [3.63, 3.8) is 0 Å². The van der Waals surface area contributed by atoms with Crippen LogP contribution in [0.25, 0.3) is 11.3 Å². The van der Waals surface area contributed by atoms with Gasteiger partial charge in [-0.25, -0.2) is 9.97 Å². The fourth-order valence-corrected chi connectivity index (χ4v) is 3.17. The number of aromatic nitrogens is 3. The highest BCUT2D eigenvalue weighted by molar-refractivity contribution is 5.58. The van der Waals surface area contributed by atoms with Gasteiger partial charge in [-0.15, -0.1) is 0 Å². The Balaban J connectivity index is 1.36. The summed E-state index contributed by atoms with van der Waals surface area (Å²) in [5.74, 6) is 1.64. The smallest absolute Gasteiger partial charge is 0.217 e. The highest BCUT2D eigenvalue weighted by Gasteiger charge is 2.21. The van der Waals surface area contributed by atoms with Gasteiger partial charge < -0.3 is 19.4 Å². The molecule has 0 bridgehead atoms. The molecular weight excluding hydrogens is 328 g/mol. The molecule has 6 nitrogen and oxygen atoms in total. The number of methoxy groups -OCH3 is 1. The number of benzene rings is 1. The van der Waals surface area contributed by atoms with Gasteiger partial charge in [0, 0.05) is 36.6 Å². The first-order valence-corrected chi connectivity index (χ1v) is 8.75. The number of pyridine rings is 1. The largest absolute Gasteiger partial charge is 0.481 e. The fraction of sp³-hybridized carbons (Fsp3) is 0.300. The van der Waals surface area contributed by atoms with Gasteiger partial charge in [0.25, 0.3) is 0 Å². The van der Waals surface area contributed by atoms with Crippen LogP contribution in [0, 0.1) is 0 Å². The molecule has 1 aliphatic rings. The van der Waals surface area contributed by atoms with Gasteiger partial charge >= 0.3 is 0 Å². The Kier molecular flexibility index (Phi) is 4.95. The molecule has 0 saturated carbocycles. The number of ether oxygens (including phenoxy) is 2. The molecule has 26 heavy (non-hydrogen) atoms. The zero-order valence-corrected chi connectivity index (χ0v) is 14.8. The Hall–Kier alpha value is -2.70. The lowest BCUT2D eigenvalue weighted by atomic mass is 10.2. The number of hydrogen-bond donors (Lipinski definition) is 1. The molecule has 0 aliphatic carbocycles. The maximum atomic E-state index is 5.96. The predicted molar refractivity (Wildman–Crippen MR) is 98.7 cm³/mol. The van der Waals surface area contributed by atoms with E-state index in [1.54, 1.807) is 13.3 Å². The third-order valence-corrected chi connectivity index (χ3v) is 4.51. The second-order valence-corrected chi connectivity index (χ2v) is 6.30. The molecule has 1 atom stereocenters. The van der Waals surface area contributed by atoms with E-state index in [-0.39, 0.29) is 6.10 Å². The van der Waals surface area contributed by atoms with Crippen molar-refractivity contribution in [1.29, 1.82) is 0 Å². The number of rotatable bonds is 6. The van der Waals surface area contributed by atoms with Gasteiger partial charge in [0.15, 0.2) is 0 Å². The molecule has 3 aromatic rings. The molecular formula is C20H22N4O2. The lowest BCUT2D eigenvalue weighted by Crippen LogP contribution is -2.36. The Labute approximate surface area is 152 Å². The van der Waals surface area contributed by atoms with Crippen LogP contribution in [0.1, 0.15) is 11.4 Å². The molecule has 1 unspecified atom stereocenters. The van der Waals surface area contributed by atoms with Crippen LogP contribution < -0.4 is 10.1 Å². The predicted octanol–water partition coefficient (Wildman–Crippen LogP) is 2.64. The number of fused-ring (bicyclic) bond motifs is 1. The van der Waals surface area contributed by atoms with E-state index < -0.39 is 0 Å². The van der Waals surface area contributed by atoms with E-state index >= 15 is 0 Å². The average Bonchev–Trinajstić information content (AvgIpc) is 3.12. The SMILES string of the molecule is COc1ncccc1CNCC1Cn2cc(-c3ccccc3)nc2CO1. The topological polar surface area (TPSA) is 61.2 Å². The van der Waals surface area contributed by atoms with Crippen LogP contribution in [0.4, 0.5) is 0 Å². The van der Waals surface area contributed by atoms with E-state index in [4.69, 9.17) is 14.5 Å². The Bertz CT molecular complexity index is 863. The van der Waals surface area contributed by atoms with E-state index in [1.807, 2.05) is 30.3 Å². The van der Waals surface area contributed by atoms with Crippen molar-refractivity contribution in [3.05, 3.63) is 66.2 Å². The first-order chi connectivity index (χ1) is 12.8. The van der Waals surface area contributed by atoms with Crippen LogP contribution in [-0.2, 0) is 24.4 Å². The van der Waals surface area contributed by atoms with Gasteiger partial charge in [-0.05, 0) is 6.07 Å². The molecule has 1 aliphatic heterocycles. The summed E-state index contributed by atoms with van der Waals surface area (Å²) < 4.78 is 13.4. The van der Waals surface area contributed by atoms with Crippen molar-refractivity contribution < 1.29 is 9.47 Å². The number of imidazole rings is 1. The first-order valence-electron chi connectivity index (χ1n) is 8.75. The van der Waals surface area contributed by atoms with Crippen molar-refractivity contribution in [2.24, 2.45) is 0 Å². The molecule has 0 amide bonds. The molecule has 1 N–H and O–H groups in total. The van der Waals surface area contributed by atoms with Gasteiger partial charge in [-0.1, -0.05) is 36.4 Å². The van der Waals surface area contributed by atoms with Crippen LogP contribution >= 0.6 is 0 Å². The summed E-state index contributed by atoms with van der Waals surface area (Å²) in [7, 11) is 1.64. The summed E-state index contributed by atoms with van der Waals surface area (Å²) in [5.41, 5.74) is 3.17. The molecule has 0 radical (unpaired) electrons. The first kappa shape index (κ1) is 16.8. The summed E-state index contributed by atoms with van der Waals surface area (Å²) in [6, 6.07) is 14.2. The lowest BCUT2D eigenvalue weighted by Gasteiger charge is -2.24. The van der Waals surface area contributed by atoms with Gasteiger partial charge in [0.2, 0.25) is 5.88 Å². The highest BCUT2D eigenvalue weighted by atomic mass is 16.5. The molecule has 134 valence electrons. The number of nitrogens with zero attached hydrogens (tertiary/aromatic N) is 3. The minimum absolute atomic E-state index is 0.114. The third kappa shape index (κ3) is 3.61. The summed E-state index contributed by atoms with van der Waals surface area (Å²) in [4.78, 5) is 8.92. The van der Waals surface area contributed by atoms with Crippen LogP contribution in [0.2, 0.25) is 0 Å². The molecule has 3 heterocycles. The highest BCUT2D eigenvalue weighted by Crippen LogP contribution is 2.22. The molecule has 1 aromatic carbocycles. The fourth-order valence-electron chi connectivity index (χ4n) is 3.17. The second kappa shape index (κ2) is 7.68. The van der Waals surface area contributed by atoms with E-state index in [0.29, 0.717) is 19.0 Å². The van der Waals surface area contributed by atoms with Gasteiger partial charge in [0.1, 0.15) is 12.4 Å². The quantitative estimate of drug-likeness (QED) is 0.741. The summed E-state index contributed by atoms with van der Waals surface area (Å²) >= 11 is 0. The van der Waals surface area contributed by atoms with Gasteiger partial charge in [0.05, 0.1) is 25.5 Å². The van der Waals surface area contributed by atoms with E-state index in [0.717, 1.165) is 35.7 Å². The number of hydrogen-bond acceptors (Lipinski definition) is 5. The molecule has 0 saturated heterocycles. The normalized spacial score (nSPS) is 16.3. The zero-order valence-electron chi connectivity index (χ0n) is 14.8. The summed E-state index contributed by atoms with van der Waals surface area (Å²) in [6.07, 6.45) is 3.96. The average molecular weight is 350 g/mol. The van der Waals surface area contributed by atoms with E-state index in [2.05, 4.69) is 33.2 Å². The van der Waals surface area contributed by atoms with Gasteiger partial charge in [-0.3, -0.25) is 0 Å².